The van der Waals surface area contributed by atoms with Gasteiger partial charge in [0.1, 0.15) is 0 Å². The largest absolute Gasteiger partial charge is 0.544 e. The molecule has 0 spiro atoms. The smallest absolute Gasteiger partial charge is 0.281 e. The van der Waals surface area contributed by atoms with Crippen LogP contribution in [-0.2, 0) is 4.79 Å². The minimum atomic E-state index is -1.29. The highest BCUT2D eigenvalue weighted by molar-refractivity contribution is 8.03. The van der Waals surface area contributed by atoms with E-state index in [1.54, 1.807) is 13.0 Å². The van der Waals surface area contributed by atoms with Gasteiger partial charge in [-0.1, -0.05) is 0 Å². The van der Waals surface area contributed by atoms with Crippen LogP contribution in [-0.4, -0.2) is 34.8 Å². The summed E-state index contributed by atoms with van der Waals surface area (Å²) in [6.45, 7) is 5.58. The molecule has 8 heteroatoms. The Labute approximate surface area is 167 Å². The monoisotopic (exact) mass is 397 g/mol. The maximum absolute atomic E-state index is 11.6. The Bertz CT molecular complexity index is 1030. The minimum absolute atomic E-state index is 0.00635. The van der Waals surface area contributed by atoms with Gasteiger partial charge in [0.2, 0.25) is 5.89 Å². The van der Waals surface area contributed by atoms with E-state index < -0.39 is 5.97 Å². The molecule has 0 bridgehead atoms. The maximum Gasteiger partial charge on any atom is 0.281 e. The van der Waals surface area contributed by atoms with Crippen molar-refractivity contribution in [1.82, 2.24) is 14.8 Å². The third-order valence-corrected chi connectivity index (χ3v) is 5.13. The third kappa shape index (κ3) is 4.12. The van der Waals surface area contributed by atoms with Crippen molar-refractivity contribution in [2.24, 2.45) is 0 Å². The first kappa shape index (κ1) is 19.8. The molecule has 146 valence electrons. The normalized spacial score (nSPS) is 11.7. The van der Waals surface area contributed by atoms with Crippen LogP contribution in [0.3, 0.4) is 0 Å². The molecule has 0 aliphatic rings. The van der Waals surface area contributed by atoms with Crippen LogP contribution in [0.5, 0.6) is 0 Å². The number of carbonyl (C=O) groups excluding carboxylic acids is 1. The molecule has 0 aliphatic heterocycles. The fourth-order valence-electron chi connectivity index (χ4n) is 2.92. The van der Waals surface area contributed by atoms with Gasteiger partial charge in [-0.05, 0) is 67.6 Å². The standard InChI is InChI=1S/C20H22N4O3S/c1-12-10-15(11-18(19(25)26)28-20-22-21-14(3)27-20)13(2)24(12)17-8-6-16(7-9-17)23(4)5/h6-11H,1-5H3,(H,25,26)/p-1/b18-11+. The first-order valence-electron chi connectivity index (χ1n) is 8.64. The Kier molecular flexibility index (Phi) is 5.60. The fourth-order valence-corrected chi connectivity index (χ4v) is 3.62. The van der Waals surface area contributed by atoms with E-state index in [2.05, 4.69) is 14.8 Å². The quantitative estimate of drug-likeness (QED) is 0.467. The summed E-state index contributed by atoms with van der Waals surface area (Å²) in [7, 11) is 3.99. The van der Waals surface area contributed by atoms with E-state index in [1.807, 2.05) is 63.2 Å². The van der Waals surface area contributed by atoms with Gasteiger partial charge in [-0.25, -0.2) is 0 Å². The van der Waals surface area contributed by atoms with Crippen molar-refractivity contribution in [3.05, 3.63) is 58.1 Å². The van der Waals surface area contributed by atoms with Gasteiger partial charge in [0.05, 0.1) is 5.97 Å². The van der Waals surface area contributed by atoms with E-state index >= 15 is 0 Å². The van der Waals surface area contributed by atoms with Crippen LogP contribution in [0.25, 0.3) is 11.8 Å². The summed E-state index contributed by atoms with van der Waals surface area (Å²) in [5.74, 6) is -0.916. The predicted molar refractivity (Wildman–Crippen MR) is 107 cm³/mol. The molecule has 0 unspecified atom stereocenters. The van der Waals surface area contributed by atoms with E-state index in [-0.39, 0.29) is 10.1 Å². The summed E-state index contributed by atoms with van der Waals surface area (Å²) in [4.78, 5) is 13.6. The molecule has 0 aliphatic carbocycles. The van der Waals surface area contributed by atoms with Crippen LogP contribution >= 0.6 is 11.8 Å². The lowest BCUT2D eigenvalue weighted by Crippen LogP contribution is -2.23. The Hall–Kier alpha value is -3.00. The summed E-state index contributed by atoms with van der Waals surface area (Å²) in [5.41, 5.74) is 4.83. The van der Waals surface area contributed by atoms with E-state index in [1.165, 1.54) is 0 Å². The average Bonchev–Trinajstić information content (AvgIpc) is 3.17. The number of nitrogens with zero attached hydrogens (tertiary/aromatic N) is 4. The number of benzene rings is 1. The van der Waals surface area contributed by atoms with E-state index in [9.17, 15) is 9.90 Å². The van der Waals surface area contributed by atoms with E-state index in [0.717, 1.165) is 40.1 Å². The van der Waals surface area contributed by atoms with Crippen molar-refractivity contribution in [2.45, 2.75) is 26.0 Å². The van der Waals surface area contributed by atoms with Gasteiger partial charge in [0.25, 0.3) is 5.22 Å². The van der Waals surface area contributed by atoms with Gasteiger partial charge in [-0.3, -0.25) is 0 Å². The van der Waals surface area contributed by atoms with Gasteiger partial charge >= 0.3 is 0 Å². The number of hydrogen-bond acceptors (Lipinski definition) is 7. The molecule has 0 saturated heterocycles. The Morgan fingerprint density at radius 2 is 1.86 bits per heavy atom. The molecule has 0 amide bonds. The number of aryl methyl sites for hydroxylation is 2. The predicted octanol–water partition coefficient (Wildman–Crippen LogP) is 2.73. The molecule has 0 saturated carbocycles. The van der Waals surface area contributed by atoms with Crippen molar-refractivity contribution >= 4 is 29.5 Å². The Morgan fingerprint density at radius 3 is 2.39 bits per heavy atom. The van der Waals surface area contributed by atoms with Gasteiger partial charge < -0.3 is 23.8 Å². The second-order valence-corrected chi connectivity index (χ2v) is 7.55. The lowest BCUT2D eigenvalue weighted by Gasteiger charge is -2.15. The number of carbonyl (C=O) groups is 1. The van der Waals surface area contributed by atoms with Crippen molar-refractivity contribution in [3.8, 4) is 5.69 Å². The number of anilines is 1. The molecule has 0 N–H and O–H groups in total. The zero-order chi connectivity index (χ0) is 20.4. The lowest BCUT2D eigenvalue weighted by atomic mass is 10.2. The molecule has 1 aromatic carbocycles. The number of rotatable bonds is 6. The van der Waals surface area contributed by atoms with Crippen molar-refractivity contribution in [3.63, 3.8) is 0 Å². The maximum atomic E-state index is 11.6. The highest BCUT2D eigenvalue weighted by Gasteiger charge is 2.13. The SMILES string of the molecule is Cc1nnc(S/C(=C/c2cc(C)n(-c3ccc(N(C)C)cc3)c2C)C(=O)[O-])o1. The van der Waals surface area contributed by atoms with Crippen LogP contribution in [0, 0.1) is 20.8 Å². The molecule has 28 heavy (non-hydrogen) atoms. The van der Waals surface area contributed by atoms with Gasteiger partial charge in [-0.15, -0.1) is 10.2 Å². The lowest BCUT2D eigenvalue weighted by molar-refractivity contribution is -0.298. The number of aromatic nitrogens is 3. The number of carboxylic acid groups (broad SMARTS) is 1. The first-order chi connectivity index (χ1) is 13.3. The summed E-state index contributed by atoms with van der Waals surface area (Å²) in [6.07, 6.45) is 1.58. The van der Waals surface area contributed by atoms with Crippen LogP contribution in [0.4, 0.5) is 5.69 Å². The van der Waals surface area contributed by atoms with Crippen molar-refractivity contribution in [1.29, 1.82) is 0 Å². The first-order valence-corrected chi connectivity index (χ1v) is 9.45. The van der Waals surface area contributed by atoms with E-state index in [4.69, 9.17) is 4.42 Å². The van der Waals surface area contributed by atoms with E-state index in [0.29, 0.717) is 5.89 Å². The number of carboxylic acids is 1. The molecule has 0 radical (unpaired) electrons. The second kappa shape index (κ2) is 7.93. The highest BCUT2D eigenvalue weighted by Crippen LogP contribution is 2.30. The van der Waals surface area contributed by atoms with Crippen molar-refractivity contribution in [2.75, 3.05) is 19.0 Å². The number of aliphatic carboxylic acids is 1. The minimum Gasteiger partial charge on any atom is -0.544 e. The fraction of sp³-hybridized carbons (Fsp3) is 0.250. The summed E-state index contributed by atoms with van der Waals surface area (Å²) >= 11 is 0.881. The van der Waals surface area contributed by atoms with Crippen LogP contribution < -0.4 is 10.0 Å². The molecule has 0 atom stereocenters. The zero-order valence-electron chi connectivity index (χ0n) is 16.4. The molecule has 3 aromatic rings. The molecular formula is C20H21N4O3S-. The number of hydrogen-bond donors (Lipinski definition) is 0. The molecular weight excluding hydrogens is 376 g/mol. The Morgan fingerprint density at radius 1 is 1.18 bits per heavy atom. The second-order valence-electron chi connectivity index (χ2n) is 6.56. The number of thioether (sulfide) groups is 1. The molecule has 2 heterocycles. The Balaban J connectivity index is 1.97. The summed E-state index contributed by atoms with van der Waals surface area (Å²) < 4.78 is 7.34. The summed E-state index contributed by atoms with van der Waals surface area (Å²) in [6, 6.07) is 10.1. The molecule has 7 nitrogen and oxygen atoms in total. The average molecular weight is 397 g/mol. The van der Waals surface area contributed by atoms with Crippen molar-refractivity contribution < 1.29 is 14.3 Å². The van der Waals surface area contributed by atoms with Gasteiger partial charge in [0, 0.05) is 48.7 Å². The van der Waals surface area contributed by atoms with Crippen LogP contribution in [0.15, 0.2) is 44.9 Å². The zero-order valence-corrected chi connectivity index (χ0v) is 17.2. The molecule has 3 rings (SSSR count). The molecule has 2 aromatic heterocycles. The van der Waals surface area contributed by atoms with Gasteiger partial charge in [0.15, 0.2) is 0 Å². The van der Waals surface area contributed by atoms with Crippen LogP contribution in [0.2, 0.25) is 0 Å². The highest BCUT2D eigenvalue weighted by atomic mass is 32.2. The van der Waals surface area contributed by atoms with Crippen LogP contribution in [0.1, 0.15) is 22.8 Å². The summed E-state index contributed by atoms with van der Waals surface area (Å²) in [5, 5.41) is 19.3. The topological polar surface area (TPSA) is 87.2 Å². The molecule has 0 fully saturated rings. The third-order valence-electron chi connectivity index (χ3n) is 4.29. The van der Waals surface area contributed by atoms with Gasteiger partial charge in [-0.2, -0.15) is 0 Å².